The molecule has 2 bridgehead atoms. The molecule has 5 unspecified atom stereocenters. The molecule has 1 N–H and O–H groups in total. The van der Waals surface area contributed by atoms with Crippen molar-refractivity contribution in [2.75, 3.05) is 6.79 Å². The van der Waals surface area contributed by atoms with Crippen molar-refractivity contribution in [2.45, 2.75) is 56.4 Å². The Morgan fingerprint density at radius 1 is 0.559 bits per heavy atom. The lowest BCUT2D eigenvalue weighted by atomic mass is 9.83. The lowest BCUT2D eigenvalue weighted by Gasteiger charge is -2.51. The monoisotopic (exact) mass is 462 g/mol. The second-order valence-corrected chi connectivity index (χ2v) is 8.65. The van der Waals surface area contributed by atoms with Crippen LogP contribution in [0, 0.1) is 0 Å². The molecule has 6 nitrogen and oxygen atoms in total. The van der Waals surface area contributed by atoms with E-state index in [2.05, 4.69) is 0 Å². The summed E-state index contributed by atoms with van der Waals surface area (Å²) >= 11 is 0. The Morgan fingerprint density at radius 2 is 0.912 bits per heavy atom. The number of rotatable bonds is 9. The van der Waals surface area contributed by atoms with Gasteiger partial charge in [0.2, 0.25) is 0 Å². The van der Waals surface area contributed by atoms with Gasteiger partial charge in [0.05, 0.1) is 19.8 Å². The fourth-order valence-corrected chi connectivity index (χ4v) is 4.59. The smallest absolute Gasteiger partial charge is 0.148 e. The molecule has 178 valence electrons. The predicted octanol–water partition coefficient (Wildman–Crippen LogP) is 3.86. The summed E-state index contributed by atoms with van der Waals surface area (Å²) in [6.45, 7) is 1.21. The Bertz CT molecular complexity index is 875. The van der Waals surface area contributed by atoms with Gasteiger partial charge < -0.3 is 28.8 Å². The topological polar surface area (TPSA) is 66.4 Å². The molecule has 34 heavy (non-hydrogen) atoms. The molecule has 0 aromatic heterocycles. The van der Waals surface area contributed by atoms with Crippen molar-refractivity contribution < 1.29 is 28.8 Å². The van der Waals surface area contributed by atoms with Gasteiger partial charge in [-0.2, -0.15) is 0 Å². The van der Waals surface area contributed by atoms with Gasteiger partial charge in [0.25, 0.3) is 0 Å². The highest BCUT2D eigenvalue weighted by atomic mass is 16.7. The van der Waals surface area contributed by atoms with Crippen molar-refractivity contribution in [1.29, 1.82) is 0 Å². The van der Waals surface area contributed by atoms with E-state index in [0.29, 0.717) is 19.8 Å². The first kappa shape index (κ1) is 23.2. The molecule has 1 aliphatic carbocycles. The standard InChI is InChI=1S/C28H30O6/c29-23-24(30-16-20-10-4-1-5-11-20)26-28(32-18-22-14-8-3-9-15-22)27(34-19-33-26)25(23)31-17-21-12-6-2-7-13-21/h1-15,23-29H,16-19H2/t23?,24?,25?,26-,27?,28?/m1/s1. The largest absolute Gasteiger partial charge is 0.387 e. The molecule has 0 radical (unpaired) electrons. The van der Waals surface area contributed by atoms with E-state index >= 15 is 0 Å². The van der Waals surface area contributed by atoms with Crippen LogP contribution in [0.2, 0.25) is 0 Å². The van der Waals surface area contributed by atoms with E-state index < -0.39 is 36.6 Å². The van der Waals surface area contributed by atoms with Crippen LogP contribution in [-0.4, -0.2) is 48.5 Å². The summed E-state index contributed by atoms with van der Waals surface area (Å²) in [4.78, 5) is 0. The number of hydrogen-bond acceptors (Lipinski definition) is 6. The van der Waals surface area contributed by atoms with Crippen molar-refractivity contribution in [3.05, 3.63) is 108 Å². The van der Waals surface area contributed by atoms with Crippen LogP contribution in [0.25, 0.3) is 0 Å². The van der Waals surface area contributed by atoms with Crippen LogP contribution in [0.5, 0.6) is 0 Å². The quantitative estimate of drug-likeness (QED) is 0.521. The highest BCUT2D eigenvalue weighted by Gasteiger charge is 2.56. The van der Waals surface area contributed by atoms with E-state index in [1.165, 1.54) is 0 Å². The van der Waals surface area contributed by atoms with E-state index in [1.54, 1.807) is 0 Å². The minimum Gasteiger partial charge on any atom is -0.387 e. The second kappa shape index (κ2) is 11.2. The van der Waals surface area contributed by atoms with Crippen LogP contribution in [0.3, 0.4) is 0 Å². The number of aliphatic hydroxyl groups excluding tert-OH is 1. The lowest BCUT2D eigenvalue weighted by Crippen LogP contribution is -2.69. The van der Waals surface area contributed by atoms with E-state index in [-0.39, 0.29) is 6.79 Å². The van der Waals surface area contributed by atoms with Crippen LogP contribution in [0.4, 0.5) is 0 Å². The maximum Gasteiger partial charge on any atom is 0.148 e. The first-order valence-electron chi connectivity index (χ1n) is 11.7. The third-order valence-corrected chi connectivity index (χ3v) is 6.35. The van der Waals surface area contributed by atoms with E-state index in [4.69, 9.17) is 23.7 Å². The third-order valence-electron chi connectivity index (χ3n) is 6.35. The van der Waals surface area contributed by atoms with Crippen molar-refractivity contribution in [2.24, 2.45) is 0 Å². The van der Waals surface area contributed by atoms with Gasteiger partial charge in [-0.05, 0) is 16.7 Å². The Labute approximate surface area is 200 Å². The zero-order chi connectivity index (χ0) is 23.2. The Kier molecular flexibility index (Phi) is 7.65. The molecule has 3 aromatic rings. The summed E-state index contributed by atoms with van der Waals surface area (Å²) in [5, 5.41) is 11.3. The highest BCUT2D eigenvalue weighted by molar-refractivity contribution is 5.16. The summed E-state index contributed by atoms with van der Waals surface area (Å²) in [6.07, 6.45) is -3.57. The minimum absolute atomic E-state index is 0.101. The normalized spacial score (nSPS) is 28.5. The summed E-state index contributed by atoms with van der Waals surface area (Å²) in [5.74, 6) is 0. The van der Waals surface area contributed by atoms with Gasteiger partial charge in [-0.1, -0.05) is 91.0 Å². The molecule has 2 fully saturated rings. The van der Waals surface area contributed by atoms with Gasteiger partial charge in [0.15, 0.2) is 0 Å². The molecule has 3 aromatic carbocycles. The van der Waals surface area contributed by atoms with Gasteiger partial charge in [0, 0.05) is 0 Å². The molecule has 0 spiro atoms. The van der Waals surface area contributed by atoms with Gasteiger partial charge in [-0.3, -0.25) is 0 Å². The number of ether oxygens (including phenoxy) is 5. The van der Waals surface area contributed by atoms with Crippen LogP contribution < -0.4 is 0 Å². The van der Waals surface area contributed by atoms with Crippen LogP contribution >= 0.6 is 0 Å². The summed E-state index contributed by atoms with van der Waals surface area (Å²) in [7, 11) is 0. The van der Waals surface area contributed by atoms with Crippen molar-refractivity contribution in [3.63, 3.8) is 0 Å². The number of aliphatic hydroxyl groups is 1. The van der Waals surface area contributed by atoms with Gasteiger partial charge in [-0.15, -0.1) is 0 Å². The maximum absolute atomic E-state index is 11.3. The second-order valence-electron chi connectivity index (χ2n) is 8.65. The molecule has 1 saturated carbocycles. The number of hydrogen-bond donors (Lipinski definition) is 1. The molecular weight excluding hydrogens is 432 g/mol. The zero-order valence-corrected chi connectivity index (χ0v) is 18.9. The van der Waals surface area contributed by atoms with Gasteiger partial charge >= 0.3 is 0 Å². The molecule has 1 heterocycles. The van der Waals surface area contributed by atoms with Crippen LogP contribution in [0.1, 0.15) is 16.7 Å². The average molecular weight is 463 g/mol. The fourth-order valence-electron chi connectivity index (χ4n) is 4.59. The van der Waals surface area contributed by atoms with E-state index in [1.807, 2.05) is 91.0 Å². The highest BCUT2D eigenvalue weighted by Crippen LogP contribution is 2.36. The van der Waals surface area contributed by atoms with Gasteiger partial charge in [-0.25, -0.2) is 0 Å². The third kappa shape index (κ3) is 5.39. The lowest BCUT2D eigenvalue weighted by molar-refractivity contribution is -0.339. The van der Waals surface area contributed by atoms with Crippen LogP contribution in [0.15, 0.2) is 91.0 Å². The first-order valence-corrected chi connectivity index (χ1v) is 11.7. The van der Waals surface area contributed by atoms with Crippen LogP contribution in [-0.2, 0) is 43.5 Å². The van der Waals surface area contributed by atoms with Crippen molar-refractivity contribution >= 4 is 0 Å². The van der Waals surface area contributed by atoms with E-state index in [0.717, 1.165) is 16.7 Å². The first-order chi connectivity index (χ1) is 16.8. The molecule has 2 aliphatic rings. The fraction of sp³-hybridized carbons (Fsp3) is 0.357. The van der Waals surface area contributed by atoms with Crippen molar-refractivity contribution in [3.8, 4) is 0 Å². The molecular formula is C28H30O6. The molecule has 5 rings (SSSR count). The average Bonchev–Trinajstić information content (AvgIpc) is 2.89. The summed E-state index contributed by atoms with van der Waals surface area (Å²) < 4.78 is 30.7. The van der Waals surface area contributed by atoms with Gasteiger partial charge in [0.1, 0.15) is 43.4 Å². The predicted molar refractivity (Wildman–Crippen MR) is 126 cm³/mol. The Morgan fingerprint density at radius 3 is 1.29 bits per heavy atom. The molecule has 1 aliphatic heterocycles. The maximum atomic E-state index is 11.3. The van der Waals surface area contributed by atoms with E-state index in [9.17, 15) is 5.11 Å². The Balaban J connectivity index is 1.35. The SMILES string of the molecule is OC1C(OCc2ccccc2)C2OCO[C@H](C1OCc1ccccc1)C2OCc1ccccc1. The number of benzene rings is 3. The summed E-state index contributed by atoms with van der Waals surface area (Å²) in [5.41, 5.74) is 3.09. The molecule has 0 amide bonds. The summed E-state index contributed by atoms with van der Waals surface area (Å²) in [6, 6.07) is 29.7. The minimum atomic E-state index is -0.931. The molecule has 1 saturated heterocycles. The zero-order valence-electron chi connectivity index (χ0n) is 18.9. The Hall–Kier alpha value is -2.58. The molecule has 6 atom stereocenters. The number of fused-ring (bicyclic) bond motifs is 2. The van der Waals surface area contributed by atoms with Crippen molar-refractivity contribution in [1.82, 2.24) is 0 Å². The molecule has 6 heteroatoms.